The first-order valence-corrected chi connectivity index (χ1v) is 5.36. The highest BCUT2D eigenvalue weighted by molar-refractivity contribution is 4.94. The summed E-state index contributed by atoms with van der Waals surface area (Å²) in [4.78, 5) is 0. The predicted molar refractivity (Wildman–Crippen MR) is 55.1 cm³/mol. The molecule has 0 amide bonds. The lowest BCUT2D eigenvalue weighted by Crippen LogP contribution is -2.20. The van der Waals surface area contributed by atoms with Gasteiger partial charge in [0.2, 0.25) is 0 Å². The van der Waals surface area contributed by atoms with E-state index in [2.05, 4.69) is 13.8 Å². The largest absolute Gasteiger partial charge is 0.0776 e. The molecular formula is C12H24. The van der Waals surface area contributed by atoms with Gasteiger partial charge in [-0.25, -0.2) is 0 Å². The smallest absolute Gasteiger partial charge is 0.0357 e. The zero-order valence-corrected chi connectivity index (χ0v) is 7.84. The summed E-state index contributed by atoms with van der Waals surface area (Å²) >= 11 is 0. The molecule has 2 fully saturated rings. The molecule has 2 aliphatic rings. The topological polar surface area (TPSA) is 0 Å². The third kappa shape index (κ3) is 1.30. The van der Waals surface area contributed by atoms with Gasteiger partial charge in [-0.1, -0.05) is 34.1 Å². The SMILES string of the molecule is C.CCC1C2CCC(C2)C1CC. The van der Waals surface area contributed by atoms with Crippen LogP contribution in [0.15, 0.2) is 0 Å². The lowest BCUT2D eigenvalue weighted by molar-refractivity contribution is 0.209. The Morgan fingerprint density at radius 1 is 0.917 bits per heavy atom. The molecule has 4 atom stereocenters. The van der Waals surface area contributed by atoms with Crippen molar-refractivity contribution < 1.29 is 0 Å². The molecule has 0 aromatic rings. The molecule has 4 unspecified atom stereocenters. The fourth-order valence-electron chi connectivity index (χ4n) is 3.80. The minimum Gasteiger partial charge on any atom is -0.0776 e. The van der Waals surface area contributed by atoms with Crippen molar-refractivity contribution in [1.29, 1.82) is 0 Å². The van der Waals surface area contributed by atoms with E-state index in [9.17, 15) is 0 Å². The van der Waals surface area contributed by atoms with Crippen LogP contribution in [-0.2, 0) is 0 Å². The first kappa shape index (κ1) is 10.1. The zero-order chi connectivity index (χ0) is 7.84. The molecule has 0 heterocycles. The lowest BCUT2D eigenvalue weighted by atomic mass is 9.77. The molecule has 0 aromatic heterocycles. The van der Waals surface area contributed by atoms with Crippen LogP contribution < -0.4 is 0 Å². The maximum Gasteiger partial charge on any atom is -0.0357 e. The van der Waals surface area contributed by atoms with Crippen molar-refractivity contribution in [2.75, 3.05) is 0 Å². The molecule has 2 aliphatic carbocycles. The van der Waals surface area contributed by atoms with Crippen LogP contribution in [0.4, 0.5) is 0 Å². The average Bonchev–Trinajstić information content (AvgIpc) is 2.60. The van der Waals surface area contributed by atoms with Crippen molar-refractivity contribution in [2.45, 2.75) is 53.4 Å². The van der Waals surface area contributed by atoms with Crippen molar-refractivity contribution in [3.63, 3.8) is 0 Å². The highest BCUT2D eigenvalue weighted by atomic mass is 14.5. The second-order valence-electron chi connectivity index (χ2n) is 4.48. The van der Waals surface area contributed by atoms with Gasteiger partial charge in [0.05, 0.1) is 0 Å². The Labute approximate surface area is 77.7 Å². The molecule has 72 valence electrons. The van der Waals surface area contributed by atoms with Crippen LogP contribution in [0, 0.1) is 23.7 Å². The highest BCUT2D eigenvalue weighted by Gasteiger charge is 2.45. The molecule has 0 saturated heterocycles. The fraction of sp³-hybridized carbons (Fsp3) is 1.00. The first-order chi connectivity index (χ1) is 5.36. The van der Waals surface area contributed by atoms with E-state index in [4.69, 9.17) is 0 Å². The quantitative estimate of drug-likeness (QED) is 0.582. The maximum atomic E-state index is 2.38. The van der Waals surface area contributed by atoms with E-state index in [1.54, 1.807) is 19.3 Å². The Hall–Kier alpha value is 0. The Morgan fingerprint density at radius 2 is 1.33 bits per heavy atom. The van der Waals surface area contributed by atoms with Gasteiger partial charge in [-0.2, -0.15) is 0 Å². The molecular weight excluding hydrogens is 144 g/mol. The number of hydrogen-bond acceptors (Lipinski definition) is 0. The predicted octanol–water partition coefficient (Wildman–Crippen LogP) is 4.10. The van der Waals surface area contributed by atoms with Gasteiger partial charge in [-0.3, -0.25) is 0 Å². The van der Waals surface area contributed by atoms with Gasteiger partial charge in [0.15, 0.2) is 0 Å². The standard InChI is InChI=1S/C11H20.CH4/c1-3-10-8-5-6-9(7-8)11(10)4-2;/h8-11H,3-7H2,1-2H3;1H4. The second kappa shape index (κ2) is 3.81. The summed E-state index contributed by atoms with van der Waals surface area (Å²) < 4.78 is 0. The molecule has 2 bridgehead atoms. The molecule has 0 radical (unpaired) electrons. The molecule has 2 saturated carbocycles. The van der Waals surface area contributed by atoms with Gasteiger partial charge < -0.3 is 0 Å². The van der Waals surface area contributed by atoms with Crippen LogP contribution in [0.25, 0.3) is 0 Å². The summed E-state index contributed by atoms with van der Waals surface area (Å²) in [6.45, 7) is 4.77. The lowest BCUT2D eigenvalue weighted by Gasteiger charge is -2.29. The molecule has 0 heteroatoms. The maximum absolute atomic E-state index is 2.38. The van der Waals surface area contributed by atoms with Crippen molar-refractivity contribution in [3.8, 4) is 0 Å². The van der Waals surface area contributed by atoms with E-state index in [-0.39, 0.29) is 7.43 Å². The third-order valence-electron chi connectivity index (χ3n) is 4.22. The van der Waals surface area contributed by atoms with Crippen molar-refractivity contribution in [3.05, 3.63) is 0 Å². The summed E-state index contributed by atoms with van der Waals surface area (Å²) in [6, 6.07) is 0. The summed E-state index contributed by atoms with van der Waals surface area (Å²) in [5.41, 5.74) is 0. The number of rotatable bonds is 2. The third-order valence-corrected chi connectivity index (χ3v) is 4.22. The minimum atomic E-state index is 0. The van der Waals surface area contributed by atoms with Crippen LogP contribution in [-0.4, -0.2) is 0 Å². The van der Waals surface area contributed by atoms with Gasteiger partial charge in [0.25, 0.3) is 0 Å². The van der Waals surface area contributed by atoms with Crippen LogP contribution in [0.2, 0.25) is 0 Å². The summed E-state index contributed by atoms with van der Waals surface area (Å²) in [6.07, 6.45) is 7.58. The van der Waals surface area contributed by atoms with E-state index >= 15 is 0 Å². The van der Waals surface area contributed by atoms with Gasteiger partial charge in [-0.15, -0.1) is 0 Å². The van der Waals surface area contributed by atoms with Gasteiger partial charge >= 0.3 is 0 Å². The van der Waals surface area contributed by atoms with Crippen molar-refractivity contribution in [2.24, 2.45) is 23.7 Å². The van der Waals surface area contributed by atoms with Crippen LogP contribution in [0.1, 0.15) is 53.4 Å². The van der Waals surface area contributed by atoms with Crippen molar-refractivity contribution >= 4 is 0 Å². The first-order valence-electron chi connectivity index (χ1n) is 5.36. The molecule has 0 nitrogen and oxygen atoms in total. The van der Waals surface area contributed by atoms with Crippen LogP contribution in [0.5, 0.6) is 0 Å². The van der Waals surface area contributed by atoms with E-state index in [0.29, 0.717) is 0 Å². The average molecular weight is 168 g/mol. The fourth-order valence-corrected chi connectivity index (χ4v) is 3.80. The highest BCUT2D eigenvalue weighted by Crippen LogP contribution is 2.54. The van der Waals surface area contributed by atoms with E-state index in [1.165, 1.54) is 12.8 Å². The van der Waals surface area contributed by atoms with Crippen LogP contribution in [0.3, 0.4) is 0 Å². The van der Waals surface area contributed by atoms with Gasteiger partial charge in [-0.05, 0) is 42.9 Å². The molecule has 12 heavy (non-hydrogen) atoms. The summed E-state index contributed by atoms with van der Waals surface area (Å²) in [7, 11) is 0. The monoisotopic (exact) mass is 168 g/mol. The van der Waals surface area contributed by atoms with Gasteiger partial charge in [0, 0.05) is 0 Å². The molecule has 0 spiro atoms. The van der Waals surface area contributed by atoms with Crippen molar-refractivity contribution in [1.82, 2.24) is 0 Å². The minimum absolute atomic E-state index is 0. The van der Waals surface area contributed by atoms with E-state index in [1.807, 2.05) is 0 Å². The Morgan fingerprint density at radius 3 is 1.67 bits per heavy atom. The zero-order valence-electron chi connectivity index (χ0n) is 7.84. The van der Waals surface area contributed by atoms with E-state index in [0.717, 1.165) is 23.7 Å². The summed E-state index contributed by atoms with van der Waals surface area (Å²) in [5.74, 6) is 4.49. The number of hydrogen-bond donors (Lipinski definition) is 0. The van der Waals surface area contributed by atoms with E-state index < -0.39 is 0 Å². The Bertz CT molecular complexity index is 123. The van der Waals surface area contributed by atoms with Crippen LogP contribution >= 0.6 is 0 Å². The van der Waals surface area contributed by atoms with Gasteiger partial charge in [0.1, 0.15) is 0 Å². The Balaban J connectivity index is 0.000000720. The normalized spacial score (nSPS) is 44.5. The molecule has 0 aliphatic heterocycles. The number of fused-ring (bicyclic) bond motifs is 2. The molecule has 0 N–H and O–H groups in total. The molecule has 0 aromatic carbocycles. The molecule has 2 rings (SSSR count). The Kier molecular flexibility index (Phi) is 3.20. The second-order valence-corrected chi connectivity index (χ2v) is 4.48. The summed E-state index contributed by atoms with van der Waals surface area (Å²) in [5, 5.41) is 0.